The molecule has 0 heterocycles. The van der Waals surface area contributed by atoms with Crippen LogP contribution < -0.4 is 5.32 Å². The third-order valence-corrected chi connectivity index (χ3v) is 6.48. The molecule has 0 spiro atoms. The molecule has 3 unspecified atom stereocenters. The first-order chi connectivity index (χ1) is 10.0. The van der Waals surface area contributed by atoms with Gasteiger partial charge in [0.2, 0.25) is 0 Å². The summed E-state index contributed by atoms with van der Waals surface area (Å²) >= 11 is 0. The number of nitrogens with one attached hydrogen (secondary N) is 1. The van der Waals surface area contributed by atoms with Crippen molar-refractivity contribution in [2.75, 3.05) is 13.2 Å². The van der Waals surface area contributed by atoms with Crippen LogP contribution in [0.1, 0.15) is 45.6 Å². The van der Waals surface area contributed by atoms with Crippen LogP contribution in [0.2, 0.25) is 0 Å². The first-order valence-corrected chi connectivity index (χ1v) is 8.40. The molecule has 1 aromatic rings. The Bertz CT molecular complexity index is 470. The minimum absolute atomic E-state index is 0.386. The fraction of sp³-hybridized carbons (Fsp3) is 0.684. The number of benzene rings is 1. The van der Waals surface area contributed by atoms with Crippen molar-refractivity contribution < 1.29 is 4.74 Å². The lowest BCUT2D eigenvalue weighted by Gasteiger charge is -2.38. The van der Waals surface area contributed by atoms with Crippen LogP contribution in [0.5, 0.6) is 0 Å². The summed E-state index contributed by atoms with van der Waals surface area (Å²) in [5.41, 5.74) is 2.18. The number of ether oxygens (including phenoxy) is 1. The Hall–Kier alpha value is -0.860. The maximum atomic E-state index is 6.25. The third kappa shape index (κ3) is 2.64. The lowest BCUT2D eigenvalue weighted by atomic mass is 9.70. The van der Waals surface area contributed by atoms with Crippen molar-refractivity contribution in [2.45, 2.75) is 52.7 Å². The van der Waals surface area contributed by atoms with E-state index >= 15 is 0 Å². The molecule has 3 rings (SSSR count). The van der Waals surface area contributed by atoms with Crippen molar-refractivity contribution in [1.29, 1.82) is 0 Å². The molecule has 2 aliphatic rings. The Balaban J connectivity index is 1.41. The lowest BCUT2D eigenvalue weighted by molar-refractivity contribution is -0.0450. The molecule has 2 fully saturated rings. The highest BCUT2D eigenvalue weighted by atomic mass is 16.5. The molecule has 0 amide bonds. The fourth-order valence-electron chi connectivity index (χ4n) is 4.48. The second-order valence-electron chi connectivity index (χ2n) is 7.63. The summed E-state index contributed by atoms with van der Waals surface area (Å²) in [5, 5.41) is 3.48. The average molecular weight is 287 g/mol. The Morgan fingerprint density at radius 3 is 2.57 bits per heavy atom. The summed E-state index contributed by atoms with van der Waals surface area (Å²) < 4.78 is 6.25. The zero-order valence-electron chi connectivity index (χ0n) is 13.7. The molecular weight excluding hydrogens is 258 g/mol. The highest BCUT2D eigenvalue weighted by Gasteiger charge is 2.61. The Morgan fingerprint density at radius 1 is 1.19 bits per heavy atom. The molecule has 1 N–H and O–H groups in total. The highest BCUT2D eigenvalue weighted by Crippen LogP contribution is 2.66. The van der Waals surface area contributed by atoms with E-state index in [1.165, 1.54) is 24.8 Å². The van der Waals surface area contributed by atoms with Gasteiger partial charge in [-0.2, -0.15) is 0 Å². The third-order valence-electron chi connectivity index (χ3n) is 6.48. The molecule has 0 saturated heterocycles. The molecule has 2 aliphatic carbocycles. The van der Waals surface area contributed by atoms with Crippen molar-refractivity contribution in [2.24, 2.45) is 16.7 Å². The highest BCUT2D eigenvalue weighted by molar-refractivity contribution is 5.14. The lowest BCUT2D eigenvalue weighted by Crippen LogP contribution is -2.38. The molecule has 0 radical (unpaired) electrons. The second kappa shape index (κ2) is 5.73. The quantitative estimate of drug-likeness (QED) is 0.798. The van der Waals surface area contributed by atoms with Gasteiger partial charge in [0, 0.05) is 13.1 Å². The van der Waals surface area contributed by atoms with E-state index in [0.717, 1.165) is 25.6 Å². The smallest absolute Gasteiger partial charge is 0.0637 e. The van der Waals surface area contributed by atoms with Gasteiger partial charge in [0.1, 0.15) is 0 Å². The SMILES string of the molecule is CC1(C)C2CCC1(C)C(OCCNCc1ccccc1)C2. The van der Waals surface area contributed by atoms with Crippen LogP contribution in [0.4, 0.5) is 0 Å². The molecular formula is C19H29NO. The predicted octanol–water partition coefficient (Wildman–Crippen LogP) is 4.01. The van der Waals surface area contributed by atoms with E-state index in [1.54, 1.807) is 0 Å². The summed E-state index contributed by atoms with van der Waals surface area (Å²) in [7, 11) is 0. The van der Waals surface area contributed by atoms with Crippen LogP contribution in [-0.2, 0) is 11.3 Å². The summed E-state index contributed by atoms with van der Waals surface area (Å²) in [5.74, 6) is 0.866. The normalized spacial score (nSPS) is 33.5. The fourth-order valence-corrected chi connectivity index (χ4v) is 4.48. The average Bonchev–Trinajstić information content (AvgIpc) is 2.81. The maximum Gasteiger partial charge on any atom is 0.0637 e. The molecule has 1 aromatic carbocycles. The number of hydrogen-bond acceptors (Lipinski definition) is 2. The van der Waals surface area contributed by atoms with Crippen molar-refractivity contribution >= 4 is 0 Å². The van der Waals surface area contributed by atoms with Gasteiger partial charge in [-0.15, -0.1) is 0 Å². The number of rotatable bonds is 6. The van der Waals surface area contributed by atoms with E-state index in [4.69, 9.17) is 4.74 Å². The first kappa shape index (κ1) is 15.1. The van der Waals surface area contributed by atoms with Crippen LogP contribution in [0, 0.1) is 16.7 Å². The first-order valence-electron chi connectivity index (χ1n) is 8.40. The van der Waals surface area contributed by atoms with Crippen LogP contribution in [0.25, 0.3) is 0 Å². The van der Waals surface area contributed by atoms with Gasteiger partial charge in [-0.25, -0.2) is 0 Å². The monoisotopic (exact) mass is 287 g/mol. The van der Waals surface area contributed by atoms with Crippen LogP contribution in [-0.4, -0.2) is 19.3 Å². The largest absolute Gasteiger partial charge is 0.376 e. The minimum Gasteiger partial charge on any atom is -0.376 e. The molecule has 21 heavy (non-hydrogen) atoms. The van der Waals surface area contributed by atoms with Gasteiger partial charge in [-0.05, 0) is 41.6 Å². The van der Waals surface area contributed by atoms with E-state index < -0.39 is 0 Å². The molecule has 0 aromatic heterocycles. The van der Waals surface area contributed by atoms with E-state index in [0.29, 0.717) is 16.9 Å². The van der Waals surface area contributed by atoms with Gasteiger partial charge in [-0.1, -0.05) is 51.1 Å². The second-order valence-corrected chi connectivity index (χ2v) is 7.63. The Kier molecular flexibility index (Phi) is 4.11. The van der Waals surface area contributed by atoms with Crippen molar-refractivity contribution in [1.82, 2.24) is 5.32 Å². The topological polar surface area (TPSA) is 21.3 Å². The molecule has 116 valence electrons. The standard InChI is InChI=1S/C19H29NO/c1-18(2)16-9-10-19(18,3)17(13-16)21-12-11-20-14-15-7-5-4-6-8-15/h4-8,16-17,20H,9-14H2,1-3H3. The van der Waals surface area contributed by atoms with Crippen LogP contribution in [0.15, 0.2) is 30.3 Å². The Morgan fingerprint density at radius 2 is 1.95 bits per heavy atom. The van der Waals surface area contributed by atoms with E-state index in [9.17, 15) is 0 Å². The van der Waals surface area contributed by atoms with E-state index in [2.05, 4.69) is 56.4 Å². The molecule has 2 nitrogen and oxygen atoms in total. The van der Waals surface area contributed by atoms with Gasteiger partial charge in [0.25, 0.3) is 0 Å². The number of fused-ring (bicyclic) bond motifs is 2. The summed E-state index contributed by atoms with van der Waals surface area (Å²) in [6.45, 7) is 10.0. The van der Waals surface area contributed by atoms with Gasteiger partial charge in [-0.3, -0.25) is 0 Å². The van der Waals surface area contributed by atoms with Gasteiger partial charge in [0.05, 0.1) is 12.7 Å². The molecule has 2 saturated carbocycles. The summed E-state index contributed by atoms with van der Waals surface area (Å²) in [4.78, 5) is 0. The Labute approximate surface area is 129 Å². The molecule has 3 atom stereocenters. The van der Waals surface area contributed by atoms with Crippen molar-refractivity contribution in [3.8, 4) is 0 Å². The predicted molar refractivity (Wildman–Crippen MR) is 87.1 cm³/mol. The molecule has 2 bridgehead atoms. The van der Waals surface area contributed by atoms with E-state index in [1.807, 2.05) is 0 Å². The van der Waals surface area contributed by atoms with Crippen molar-refractivity contribution in [3.05, 3.63) is 35.9 Å². The number of hydrogen-bond donors (Lipinski definition) is 1. The van der Waals surface area contributed by atoms with E-state index in [-0.39, 0.29) is 0 Å². The van der Waals surface area contributed by atoms with Gasteiger partial charge >= 0.3 is 0 Å². The van der Waals surface area contributed by atoms with Crippen molar-refractivity contribution in [3.63, 3.8) is 0 Å². The van der Waals surface area contributed by atoms with Crippen LogP contribution in [0.3, 0.4) is 0 Å². The zero-order valence-corrected chi connectivity index (χ0v) is 13.7. The maximum absolute atomic E-state index is 6.25. The van der Waals surface area contributed by atoms with Gasteiger partial charge < -0.3 is 10.1 Å². The molecule has 0 aliphatic heterocycles. The summed E-state index contributed by atoms with van der Waals surface area (Å²) in [6, 6.07) is 10.6. The zero-order chi connectivity index (χ0) is 14.9. The molecule has 2 heteroatoms. The van der Waals surface area contributed by atoms with Crippen LogP contribution >= 0.6 is 0 Å². The minimum atomic E-state index is 0.386. The van der Waals surface area contributed by atoms with Gasteiger partial charge in [0.15, 0.2) is 0 Å². The summed E-state index contributed by atoms with van der Waals surface area (Å²) in [6.07, 6.45) is 4.47.